The number of halogens is 1. The molecule has 2 aromatic carbocycles. The van der Waals surface area contributed by atoms with E-state index in [0.29, 0.717) is 0 Å². The first-order valence-electron chi connectivity index (χ1n) is 7.23. The summed E-state index contributed by atoms with van der Waals surface area (Å²) in [6, 6.07) is 14.7. The maximum Gasteiger partial charge on any atom is 0.233 e. The summed E-state index contributed by atoms with van der Waals surface area (Å²) in [5.74, 6) is -1.02. The van der Waals surface area contributed by atoms with Crippen molar-refractivity contribution in [3.8, 4) is 0 Å². The zero-order chi connectivity index (χ0) is 17.4. The molecule has 2 rings (SSSR count). The molecule has 0 unspecified atom stereocenters. The molecule has 126 valence electrons. The molecule has 2 aromatic rings. The molecule has 0 radical (unpaired) electrons. The van der Waals surface area contributed by atoms with Crippen molar-refractivity contribution in [3.63, 3.8) is 0 Å². The highest BCUT2D eigenvalue weighted by Crippen LogP contribution is 2.12. The van der Waals surface area contributed by atoms with Gasteiger partial charge in [0.05, 0.1) is 5.69 Å². The molecular formula is C17H17FN2O3S. The van der Waals surface area contributed by atoms with Crippen LogP contribution < -0.4 is 10.0 Å². The highest BCUT2D eigenvalue weighted by atomic mass is 32.2. The van der Waals surface area contributed by atoms with Crippen LogP contribution in [0.3, 0.4) is 0 Å². The van der Waals surface area contributed by atoms with Crippen LogP contribution in [0.25, 0.3) is 6.08 Å². The van der Waals surface area contributed by atoms with Crippen molar-refractivity contribution in [2.45, 2.75) is 6.42 Å². The van der Waals surface area contributed by atoms with E-state index in [-0.39, 0.29) is 18.7 Å². The summed E-state index contributed by atoms with van der Waals surface area (Å²) >= 11 is 0. The van der Waals surface area contributed by atoms with E-state index in [1.165, 1.54) is 24.3 Å². The SMILES string of the molecule is O=C(CCNS(=O)(=O)C=Cc1ccccc1)Nc1ccccc1F. The molecule has 7 heteroatoms. The minimum absolute atomic E-state index is 0.0642. The molecule has 0 aliphatic carbocycles. The van der Waals surface area contributed by atoms with E-state index >= 15 is 0 Å². The third-order valence-electron chi connectivity index (χ3n) is 3.04. The first-order chi connectivity index (χ1) is 11.5. The van der Waals surface area contributed by atoms with E-state index in [0.717, 1.165) is 11.0 Å². The predicted molar refractivity (Wildman–Crippen MR) is 92.0 cm³/mol. The molecule has 0 spiro atoms. The lowest BCUT2D eigenvalue weighted by molar-refractivity contribution is -0.116. The van der Waals surface area contributed by atoms with E-state index in [2.05, 4.69) is 10.0 Å². The Morgan fingerprint density at radius 1 is 1.04 bits per heavy atom. The second-order valence-corrected chi connectivity index (χ2v) is 6.58. The highest BCUT2D eigenvalue weighted by Gasteiger charge is 2.09. The number of anilines is 1. The van der Waals surface area contributed by atoms with Gasteiger partial charge in [-0.3, -0.25) is 4.79 Å². The van der Waals surface area contributed by atoms with Crippen LogP contribution in [0.1, 0.15) is 12.0 Å². The fourth-order valence-corrected chi connectivity index (χ4v) is 2.68. The van der Waals surface area contributed by atoms with Crippen molar-refractivity contribution in [1.29, 1.82) is 0 Å². The molecule has 0 aliphatic rings. The van der Waals surface area contributed by atoms with Crippen LogP contribution in [-0.4, -0.2) is 20.9 Å². The number of para-hydroxylation sites is 1. The molecule has 0 bridgehead atoms. The van der Waals surface area contributed by atoms with E-state index in [9.17, 15) is 17.6 Å². The summed E-state index contributed by atoms with van der Waals surface area (Å²) in [6.45, 7) is -0.0816. The lowest BCUT2D eigenvalue weighted by Crippen LogP contribution is -2.26. The summed E-state index contributed by atoms with van der Waals surface area (Å²) in [4.78, 5) is 11.7. The maximum absolute atomic E-state index is 13.4. The van der Waals surface area contributed by atoms with Crippen molar-refractivity contribution in [2.24, 2.45) is 0 Å². The van der Waals surface area contributed by atoms with Gasteiger partial charge in [0.25, 0.3) is 0 Å². The monoisotopic (exact) mass is 348 g/mol. The third kappa shape index (κ3) is 5.94. The number of rotatable bonds is 7. The largest absolute Gasteiger partial charge is 0.324 e. The van der Waals surface area contributed by atoms with Crippen LogP contribution in [0.4, 0.5) is 10.1 Å². The molecule has 0 heterocycles. The second-order valence-electron chi connectivity index (χ2n) is 4.93. The highest BCUT2D eigenvalue weighted by molar-refractivity contribution is 7.92. The predicted octanol–water partition coefficient (Wildman–Crippen LogP) is 2.74. The van der Waals surface area contributed by atoms with Gasteiger partial charge >= 0.3 is 0 Å². The van der Waals surface area contributed by atoms with E-state index in [1.54, 1.807) is 30.3 Å². The topological polar surface area (TPSA) is 75.3 Å². The van der Waals surface area contributed by atoms with Crippen molar-refractivity contribution in [2.75, 3.05) is 11.9 Å². The van der Waals surface area contributed by atoms with Crippen LogP contribution in [0.5, 0.6) is 0 Å². The molecule has 0 aliphatic heterocycles. The van der Waals surface area contributed by atoms with Crippen LogP contribution in [0, 0.1) is 5.82 Å². The maximum atomic E-state index is 13.4. The van der Waals surface area contributed by atoms with Gasteiger partial charge in [0, 0.05) is 18.4 Å². The number of amides is 1. The third-order valence-corrected chi connectivity index (χ3v) is 4.14. The zero-order valence-electron chi connectivity index (χ0n) is 12.8. The minimum Gasteiger partial charge on any atom is -0.324 e. The van der Waals surface area contributed by atoms with Crippen molar-refractivity contribution in [3.05, 3.63) is 71.4 Å². The molecule has 0 aromatic heterocycles. The Bertz CT molecular complexity index is 821. The van der Waals surface area contributed by atoms with Crippen molar-refractivity contribution < 1.29 is 17.6 Å². The smallest absolute Gasteiger partial charge is 0.233 e. The van der Waals surface area contributed by atoms with E-state index < -0.39 is 21.7 Å². The number of carbonyl (C=O) groups is 1. The van der Waals surface area contributed by atoms with Crippen LogP contribution in [-0.2, 0) is 14.8 Å². The van der Waals surface area contributed by atoms with Gasteiger partial charge in [0.15, 0.2) is 0 Å². The van der Waals surface area contributed by atoms with Crippen LogP contribution >= 0.6 is 0 Å². The van der Waals surface area contributed by atoms with Crippen molar-refractivity contribution in [1.82, 2.24) is 4.72 Å². The lowest BCUT2D eigenvalue weighted by Gasteiger charge is -2.06. The number of nitrogens with one attached hydrogen (secondary N) is 2. The molecule has 0 atom stereocenters. The first-order valence-corrected chi connectivity index (χ1v) is 8.78. The van der Waals surface area contributed by atoms with E-state index in [1.807, 2.05) is 6.07 Å². The zero-order valence-corrected chi connectivity index (χ0v) is 13.6. The normalized spacial score (nSPS) is 11.5. The molecule has 5 nitrogen and oxygen atoms in total. The van der Waals surface area contributed by atoms with Crippen LogP contribution in [0.15, 0.2) is 60.0 Å². The molecule has 0 fully saturated rings. The molecule has 24 heavy (non-hydrogen) atoms. The Balaban J connectivity index is 1.81. The Morgan fingerprint density at radius 3 is 2.42 bits per heavy atom. The van der Waals surface area contributed by atoms with Gasteiger partial charge in [0.1, 0.15) is 5.82 Å². The van der Waals surface area contributed by atoms with Gasteiger partial charge < -0.3 is 5.32 Å². The minimum atomic E-state index is -3.64. The van der Waals surface area contributed by atoms with Gasteiger partial charge in [-0.15, -0.1) is 0 Å². The summed E-state index contributed by atoms with van der Waals surface area (Å²) < 4.78 is 39.3. The number of sulfonamides is 1. The average molecular weight is 348 g/mol. The summed E-state index contributed by atoms with van der Waals surface area (Å²) in [5.41, 5.74) is 0.814. The number of hydrogen-bond donors (Lipinski definition) is 2. The number of hydrogen-bond acceptors (Lipinski definition) is 3. The Kier molecular flexibility index (Phi) is 6.22. The molecule has 0 saturated heterocycles. The Morgan fingerprint density at radius 2 is 1.71 bits per heavy atom. The van der Waals surface area contributed by atoms with Crippen LogP contribution in [0.2, 0.25) is 0 Å². The second kappa shape index (κ2) is 8.37. The van der Waals surface area contributed by atoms with E-state index in [4.69, 9.17) is 0 Å². The number of carbonyl (C=O) groups excluding carboxylic acids is 1. The van der Waals surface area contributed by atoms with Gasteiger partial charge in [-0.1, -0.05) is 42.5 Å². The molecule has 2 N–H and O–H groups in total. The fourth-order valence-electron chi connectivity index (χ4n) is 1.86. The molecule has 0 saturated carbocycles. The summed E-state index contributed by atoms with van der Waals surface area (Å²) in [6.07, 6.45) is 1.36. The standard InChI is InChI=1S/C17H17FN2O3S/c18-15-8-4-5-9-16(15)20-17(21)10-12-19-24(22,23)13-11-14-6-2-1-3-7-14/h1-9,11,13,19H,10,12H2,(H,20,21). The number of benzene rings is 2. The Labute approximate surface area is 140 Å². The quantitative estimate of drug-likeness (QED) is 0.808. The average Bonchev–Trinajstić information content (AvgIpc) is 2.56. The summed E-state index contributed by atoms with van der Waals surface area (Å²) in [5, 5.41) is 3.43. The molecule has 1 amide bonds. The fraction of sp³-hybridized carbons (Fsp3) is 0.118. The lowest BCUT2D eigenvalue weighted by atomic mass is 10.2. The Hall–Kier alpha value is -2.51. The molecular weight excluding hydrogens is 331 g/mol. The van der Waals surface area contributed by atoms with Gasteiger partial charge in [-0.2, -0.15) is 0 Å². The van der Waals surface area contributed by atoms with Gasteiger partial charge in [-0.25, -0.2) is 17.5 Å². The van der Waals surface area contributed by atoms with Gasteiger partial charge in [0.2, 0.25) is 15.9 Å². The first kappa shape index (κ1) is 17.8. The summed E-state index contributed by atoms with van der Waals surface area (Å²) in [7, 11) is -3.64. The van der Waals surface area contributed by atoms with Gasteiger partial charge in [-0.05, 0) is 23.8 Å². The van der Waals surface area contributed by atoms with Crippen molar-refractivity contribution >= 4 is 27.7 Å².